The number of nitrogen functional groups attached to an aromatic ring is 1. The van der Waals surface area contributed by atoms with E-state index >= 15 is 0 Å². The van der Waals surface area contributed by atoms with Gasteiger partial charge in [-0.25, -0.2) is 0 Å². The molecule has 1 aromatic heterocycles. The summed E-state index contributed by atoms with van der Waals surface area (Å²) >= 11 is 0. The van der Waals surface area contributed by atoms with Crippen LogP contribution in [0.25, 0.3) is 10.9 Å². The zero-order valence-electron chi connectivity index (χ0n) is 12.7. The van der Waals surface area contributed by atoms with Gasteiger partial charge < -0.3 is 11.1 Å². The van der Waals surface area contributed by atoms with Crippen molar-refractivity contribution in [3.05, 3.63) is 30.5 Å². The molecule has 0 saturated carbocycles. The Bertz CT molecular complexity index is 618. The van der Waals surface area contributed by atoms with Gasteiger partial charge in [-0.2, -0.15) is 0 Å². The van der Waals surface area contributed by atoms with Crippen LogP contribution < -0.4 is 11.1 Å². The summed E-state index contributed by atoms with van der Waals surface area (Å²) < 4.78 is 0. The second-order valence-electron chi connectivity index (χ2n) is 5.37. The molecule has 1 aromatic carbocycles. The van der Waals surface area contributed by atoms with E-state index in [4.69, 9.17) is 5.73 Å². The van der Waals surface area contributed by atoms with Crippen LogP contribution in [0, 0.1) is 5.92 Å². The highest BCUT2D eigenvalue weighted by Gasteiger charge is 2.17. The van der Waals surface area contributed by atoms with E-state index in [1.54, 1.807) is 12.3 Å². The van der Waals surface area contributed by atoms with Crippen molar-refractivity contribution >= 4 is 28.2 Å². The van der Waals surface area contributed by atoms with Gasteiger partial charge in [0.2, 0.25) is 5.91 Å². The van der Waals surface area contributed by atoms with Crippen molar-refractivity contribution in [1.82, 2.24) is 4.98 Å². The predicted octanol–water partition coefficient (Wildman–Crippen LogP) is 3.97. The lowest BCUT2D eigenvalue weighted by Gasteiger charge is -2.16. The van der Waals surface area contributed by atoms with Crippen molar-refractivity contribution in [3.8, 4) is 0 Å². The van der Waals surface area contributed by atoms with Crippen molar-refractivity contribution in [3.63, 3.8) is 0 Å². The molecule has 0 aliphatic carbocycles. The van der Waals surface area contributed by atoms with E-state index in [0.29, 0.717) is 5.69 Å². The van der Waals surface area contributed by atoms with Crippen molar-refractivity contribution in [2.75, 3.05) is 11.1 Å². The number of carbonyl (C=O) groups excluding carboxylic acids is 1. The summed E-state index contributed by atoms with van der Waals surface area (Å²) in [5, 5.41) is 3.93. The molecule has 0 aliphatic heterocycles. The Morgan fingerprint density at radius 1 is 1.24 bits per heavy atom. The fraction of sp³-hybridized carbons (Fsp3) is 0.412. The number of nitrogens with zero attached hydrogens (tertiary/aromatic N) is 1. The van der Waals surface area contributed by atoms with E-state index in [1.165, 1.54) is 0 Å². The molecule has 0 radical (unpaired) electrons. The maximum absolute atomic E-state index is 12.5. The van der Waals surface area contributed by atoms with Crippen molar-refractivity contribution in [1.29, 1.82) is 0 Å². The average Bonchev–Trinajstić information content (AvgIpc) is 2.50. The Hall–Kier alpha value is -2.10. The van der Waals surface area contributed by atoms with Gasteiger partial charge in [0, 0.05) is 17.5 Å². The van der Waals surface area contributed by atoms with Gasteiger partial charge in [0.25, 0.3) is 0 Å². The third-order valence-corrected chi connectivity index (χ3v) is 3.70. The van der Waals surface area contributed by atoms with E-state index in [9.17, 15) is 4.79 Å². The summed E-state index contributed by atoms with van der Waals surface area (Å²) in [5.41, 5.74) is 8.08. The van der Waals surface area contributed by atoms with Crippen LogP contribution in [-0.4, -0.2) is 10.9 Å². The van der Waals surface area contributed by atoms with Crippen LogP contribution in [0.1, 0.15) is 39.5 Å². The predicted molar refractivity (Wildman–Crippen MR) is 88.1 cm³/mol. The molecule has 3 N–H and O–H groups in total. The summed E-state index contributed by atoms with van der Waals surface area (Å²) in [4.78, 5) is 16.7. The van der Waals surface area contributed by atoms with Crippen molar-refractivity contribution in [2.45, 2.75) is 39.5 Å². The Balaban J connectivity index is 2.27. The van der Waals surface area contributed by atoms with Gasteiger partial charge in [-0.15, -0.1) is 0 Å². The summed E-state index contributed by atoms with van der Waals surface area (Å²) in [7, 11) is 0. The number of aromatic nitrogens is 1. The summed E-state index contributed by atoms with van der Waals surface area (Å²) in [6.45, 7) is 4.22. The minimum atomic E-state index is 0.0734. The lowest BCUT2D eigenvalue weighted by molar-refractivity contribution is -0.120. The van der Waals surface area contributed by atoms with Crippen molar-refractivity contribution in [2.24, 2.45) is 5.92 Å². The number of nitrogens with two attached hydrogens (primary N) is 1. The Kier molecular flexibility index (Phi) is 5.14. The molecular weight excluding hydrogens is 262 g/mol. The van der Waals surface area contributed by atoms with Crippen LogP contribution in [0.15, 0.2) is 30.5 Å². The zero-order valence-corrected chi connectivity index (χ0v) is 12.7. The molecule has 0 aliphatic rings. The highest BCUT2D eigenvalue weighted by atomic mass is 16.1. The summed E-state index contributed by atoms with van der Waals surface area (Å²) in [6.07, 6.45) is 5.58. The standard InChI is InChI=1S/C17H23N3O/c1-3-6-12(7-4-2)17(21)20-15-10-9-14(18)16-13(15)8-5-11-19-16/h5,8-12H,3-4,6-7,18H2,1-2H3,(H,20,21). The minimum absolute atomic E-state index is 0.0734. The summed E-state index contributed by atoms with van der Waals surface area (Å²) in [6, 6.07) is 7.43. The van der Waals surface area contributed by atoms with E-state index in [0.717, 1.165) is 42.3 Å². The van der Waals surface area contributed by atoms with Gasteiger partial charge in [0.1, 0.15) is 0 Å². The first kappa shape index (κ1) is 15.3. The number of nitrogens with one attached hydrogen (secondary N) is 1. The number of pyridine rings is 1. The molecule has 2 rings (SSSR count). The molecule has 2 aromatic rings. The van der Waals surface area contributed by atoms with Crippen LogP contribution in [0.2, 0.25) is 0 Å². The lowest BCUT2D eigenvalue weighted by Crippen LogP contribution is -2.22. The number of benzene rings is 1. The first-order chi connectivity index (χ1) is 10.2. The Morgan fingerprint density at radius 3 is 2.62 bits per heavy atom. The maximum atomic E-state index is 12.5. The molecule has 4 nitrogen and oxygen atoms in total. The first-order valence-corrected chi connectivity index (χ1v) is 7.61. The number of anilines is 2. The van der Waals surface area contributed by atoms with Crippen LogP contribution in [0.3, 0.4) is 0 Å². The van der Waals surface area contributed by atoms with E-state index in [2.05, 4.69) is 24.1 Å². The van der Waals surface area contributed by atoms with E-state index in [1.807, 2.05) is 18.2 Å². The normalized spacial score (nSPS) is 11.0. The van der Waals surface area contributed by atoms with Gasteiger partial charge in [-0.3, -0.25) is 9.78 Å². The quantitative estimate of drug-likeness (QED) is 0.789. The minimum Gasteiger partial charge on any atom is -0.397 e. The first-order valence-electron chi connectivity index (χ1n) is 7.61. The molecule has 0 saturated heterocycles. The second kappa shape index (κ2) is 7.07. The summed E-state index contributed by atoms with van der Waals surface area (Å²) in [5.74, 6) is 0.165. The smallest absolute Gasteiger partial charge is 0.227 e. The largest absolute Gasteiger partial charge is 0.397 e. The van der Waals surface area contributed by atoms with Gasteiger partial charge in [-0.1, -0.05) is 26.7 Å². The fourth-order valence-corrected chi connectivity index (χ4v) is 2.64. The van der Waals surface area contributed by atoms with Gasteiger partial charge in [0.15, 0.2) is 0 Å². The van der Waals surface area contributed by atoms with Crippen LogP contribution in [0.4, 0.5) is 11.4 Å². The molecule has 21 heavy (non-hydrogen) atoms. The molecule has 0 fully saturated rings. The second-order valence-corrected chi connectivity index (χ2v) is 5.37. The molecular formula is C17H23N3O. The van der Waals surface area contributed by atoms with Gasteiger partial charge in [0.05, 0.1) is 16.9 Å². The van der Waals surface area contributed by atoms with Gasteiger partial charge in [-0.05, 0) is 37.1 Å². The molecule has 1 amide bonds. The third-order valence-electron chi connectivity index (χ3n) is 3.70. The molecule has 0 atom stereocenters. The lowest BCUT2D eigenvalue weighted by atomic mass is 9.97. The Morgan fingerprint density at radius 2 is 1.95 bits per heavy atom. The molecule has 4 heteroatoms. The van der Waals surface area contributed by atoms with Crippen LogP contribution in [-0.2, 0) is 4.79 Å². The van der Waals surface area contributed by atoms with Crippen LogP contribution >= 0.6 is 0 Å². The van der Waals surface area contributed by atoms with Crippen molar-refractivity contribution < 1.29 is 4.79 Å². The zero-order chi connectivity index (χ0) is 15.2. The van der Waals surface area contributed by atoms with Crippen LogP contribution in [0.5, 0.6) is 0 Å². The van der Waals surface area contributed by atoms with Gasteiger partial charge >= 0.3 is 0 Å². The maximum Gasteiger partial charge on any atom is 0.227 e. The third kappa shape index (κ3) is 3.51. The SMILES string of the molecule is CCCC(CCC)C(=O)Nc1ccc(N)c2ncccc12. The molecule has 0 unspecified atom stereocenters. The molecule has 1 heterocycles. The molecule has 0 bridgehead atoms. The Labute approximate surface area is 125 Å². The highest BCUT2D eigenvalue weighted by molar-refractivity contribution is 6.04. The molecule has 0 spiro atoms. The number of rotatable bonds is 6. The van der Waals surface area contributed by atoms with E-state index < -0.39 is 0 Å². The number of hydrogen-bond donors (Lipinski definition) is 2. The molecule has 112 valence electrons. The monoisotopic (exact) mass is 285 g/mol. The number of amides is 1. The van der Waals surface area contributed by atoms with E-state index in [-0.39, 0.29) is 11.8 Å². The number of fused-ring (bicyclic) bond motifs is 1. The number of hydrogen-bond acceptors (Lipinski definition) is 3. The topological polar surface area (TPSA) is 68.0 Å². The fourth-order valence-electron chi connectivity index (χ4n) is 2.64. The number of carbonyl (C=O) groups is 1. The average molecular weight is 285 g/mol. The highest BCUT2D eigenvalue weighted by Crippen LogP contribution is 2.27.